The van der Waals surface area contributed by atoms with Crippen LogP contribution in [0, 0.1) is 23.7 Å². The zero-order valence-corrected chi connectivity index (χ0v) is 19.8. The Morgan fingerprint density at radius 3 is 2.03 bits per heavy atom. The molecule has 30 heavy (non-hydrogen) atoms. The molecule has 0 atom stereocenters. The molecule has 2 aliphatic rings. The van der Waals surface area contributed by atoms with Crippen LogP contribution in [0.1, 0.15) is 96.8 Å². The summed E-state index contributed by atoms with van der Waals surface area (Å²) in [6.07, 6.45) is 20.2. The lowest BCUT2D eigenvalue weighted by atomic mass is 9.69. The van der Waals surface area contributed by atoms with Crippen LogP contribution >= 0.6 is 12.2 Å². The minimum atomic E-state index is 0.722. The van der Waals surface area contributed by atoms with Crippen molar-refractivity contribution in [3.63, 3.8) is 0 Å². The number of hydrogen-bond acceptors (Lipinski definition) is 3. The summed E-state index contributed by atoms with van der Waals surface area (Å²) in [5.41, 5.74) is 0.837. The van der Waals surface area contributed by atoms with Gasteiger partial charge in [0, 0.05) is 0 Å². The Labute approximate surface area is 189 Å². The molecule has 0 unspecified atom stereocenters. The molecular formula is C27H41NOS. The van der Waals surface area contributed by atoms with Gasteiger partial charge in [-0.25, -0.2) is 0 Å². The van der Waals surface area contributed by atoms with E-state index in [0.717, 1.165) is 41.7 Å². The van der Waals surface area contributed by atoms with Gasteiger partial charge < -0.3 is 4.74 Å². The van der Waals surface area contributed by atoms with E-state index in [2.05, 4.69) is 29.3 Å². The van der Waals surface area contributed by atoms with Crippen molar-refractivity contribution in [3.05, 3.63) is 24.3 Å². The molecule has 3 rings (SSSR count). The predicted octanol–water partition coefficient (Wildman–Crippen LogP) is 8.77. The van der Waals surface area contributed by atoms with Gasteiger partial charge in [-0.2, -0.15) is 4.99 Å². The molecule has 2 nitrogen and oxygen atoms in total. The van der Waals surface area contributed by atoms with E-state index in [9.17, 15) is 0 Å². The van der Waals surface area contributed by atoms with Gasteiger partial charge >= 0.3 is 0 Å². The summed E-state index contributed by atoms with van der Waals surface area (Å²) in [7, 11) is 0. The average molecular weight is 428 g/mol. The molecule has 2 aliphatic carbocycles. The van der Waals surface area contributed by atoms with Crippen molar-refractivity contribution in [3.8, 4) is 5.75 Å². The topological polar surface area (TPSA) is 21.6 Å². The summed E-state index contributed by atoms with van der Waals surface area (Å²) in [4.78, 5) is 3.99. The number of nitrogens with zero attached hydrogens (tertiary/aromatic N) is 1. The first-order valence-electron chi connectivity index (χ1n) is 12.6. The summed E-state index contributed by atoms with van der Waals surface area (Å²) < 4.78 is 6.05. The Hall–Kier alpha value is -1.18. The van der Waals surface area contributed by atoms with E-state index in [1.807, 2.05) is 24.3 Å². The first-order valence-corrected chi connectivity index (χ1v) is 13.0. The Morgan fingerprint density at radius 1 is 0.833 bits per heavy atom. The molecule has 3 heteroatoms. The zero-order chi connectivity index (χ0) is 21.0. The van der Waals surface area contributed by atoms with Crippen molar-refractivity contribution in [1.29, 1.82) is 0 Å². The SMILES string of the molecule is CCCCCCC[C@H]1CC[C@H](C2CCC(COc3ccc(N=C=S)cc3)CC2)CC1. The quantitative estimate of drug-likeness (QED) is 0.200. The molecule has 0 heterocycles. The van der Waals surface area contributed by atoms with Crippen molar-refractivity contribution in [2.45, 2.75) is 96.8 Å². The van der Waals surface area contributed by atoms with Crippen LogP contribution in [-0.2, 0) is 0 Å². The summed E-state index contributed by atoms with van der Waals surface area (Å²) in [6, 6.07) is 7.85. The number of unbranched alkanes of at least 4 members (excludes halogenated alkanes) is 4. The Morgan fingerprint density at radius 2 is 1.43 bits per heavy atom. The Kier molecular flexibility index (Phi) is 10.4. The van der Waals surface area contributed by atoms with Crippen LogP contribution in [0.4, 0.5) is 5.69 Å². The third-order valence-corrected chi connectivity index (χ3v) is 7.75. The second kappa shape index (κ2) is 13.3. The van der Waals surface area contributed by atoms with Crippen LogP contribution in [0.3, 0.4) is 0 Å². The van der Waals surface area contributed by atoms with Gasteiger partial charge in [0.05, 0.1) is 17.5 Å². The molecule has 0 spiro atoms. The summed E-state index contributed by atoms with van der Waals surface area (Å²) in [5, 5.41) is 2.40. The summed E-state index contributed by atoms with van der Waals surface area (Å²) in [5.74, 6) is 4.69. The molecule has 0 bridgehead atoms. The van der Waals surface area contributed by atoms with E-state index in [1.165, 1.54) is 89.9 Å². The molecule has 2 saturated carbocycles. The lowest BCUT2D eigenvalue weighted by molar-refractivity contribution is 0.121. The normalized spacial score (nSPS) is 26.7. The molecule has 0 radical (unpaired) electrons. The van der Waals surface area contributed by atoms with Crippen LogP contribution in [0.2, 0.25) is 0 Å². The minimum Gasteiger partial charge on any atom is -0.493 e. The van der Waals surface area contributed by atoms with Gasteiger partial charge in [-0.1, -0.05) is 58.3 Å². The van der Waals surface area contributed by atoms with Crippen LogP contribution in [0.5, 0.6) is 5.75 Å². The zero-order valence-electron chi connectivity index (χ0n) is 19.0. The van der Waals surface area contributed by atoms with E-state index in [0.29, 0.717) is 0 Å². The monoisotopic (exact) mass is 427 g/mol. The van der Waals surface area contributed by atoms with Crippen molar-refractivity contribution < 1.29 is 4.74 Å². The van der Waals surface area contributed by atoms with E-state index in [4.69, 9.17) is 4.74 Å². The van der Waals surface area contributed by atoms with Gasteiger partial charge in [-0.3, -0.25) is 0 Å². The molecule has 0 aromatic heterocycles. The smallest absolute Gasteiger partial charge is 0.119 e. The minimum absolute atomic E-state index is 0.722. The second-order valence-electron chi connectivity index (χ2n) is 9.77. The second-order valence-corrected chi connectivity index (χ2v) is 9.96. The van der Waals surface area contributed by atoms with Crippen LogP contribution in [0.15, 0.2) is 29.3 Å². The molecular weight excluding hydrogens is 386 g/mol. The molecule has 0 N–H and O–H groups in total. The van der Waals surface area contributed by atoms with E-state index in [-0.39, 0.29) is 0 Å². The van der Waals surface area contributed by atoms with Crippen LogP contribution in [0.25, 0.3) is 0 Å². The lowest BCUT2D eigenvalue weighted by Gasteiger charge is -2.38. The molecule has 1 aromatic rings. The number of hydrogen-bond donors (Lipinski definition) is 0. The van der Waals surface area contributed by atoms with Crippen LogP contribution < -0.4 is 4.74 Å². The fraction of sp³-hybridized carbons (Fsp3) is 0.741. The first kappa shape index (κ1) is 23.5. The average Bonchev–Trinajstić information content (AvgIpc) is 2.79. The van der Waals surface area contributed by atoms with Gasteiger partial charge in [0.1, 0.15) is 5.75 Å². The maximum atomic E-state index is 6.05. The van der Waals surface area contributed by atoms with Gasteiger partial charge in [-0.15, -0.1) is 0 Å². The van der Waals surface area contributed by atoms with Gasteiger partial charge in [0.25, 0.3) is 0 Å². The Balaban J connectivity index is 1.29. The number of thiocarbonyl (C=S) groups is 1. The summed E-state index contributed by atoms with van der Waals surface area (Å²) in [6.45, 7) is 3.16. The van der Waals surface area contributed by atoms with E-state index in [1.54, 1.807) is 0 Å². The van der Waals surface area contributed by atoms with E-state index >= 15 is 0 Å². The lowest BCUT2D eigenvalue weighted by Crippen LogP contribution is -2.27. The third kappa shape index (κ3) is 7.82. The number of benzene rings is 1. The summed E-state index contributed by atoms with van der Waals surface area (Å²) >= 11 is 4.65. The molecule has 1 aromatic carbocycles. The standard InChI is InChI=1S/C27H41NOS/c1-2-3-4-5-6-7-22-8-12-24(13-9-22)25-14-10-23(11-15-25)20-29-27-18-16-26(17-19-27)28-21-30/h16-19,22-25H,2-15,20H2,1H3/t22-,23?,24-,25?. The Bertz CT molecular complexity index is 635. The number of ether oxygens (including phenoxy) is 1. The molecule has 166 valence electrons. The molecule has 2 fully saturated rings. The first-order chi connectivity index (χ1) is 14.8. The highest BCUT2D eigenvalue weighted by Gasteiger charge is 2.30. The highest BCUT2D eigenvalue weighted by Crippen LogP contribution is 2.42. The fourth-order valence-electron chi connectivity index (χ4n) is 5.69. The molecule has 0 amide bonds. The fourth-order valence-corrected chi connectivity index (χ4v) is 5.80. The van der Waals surface area contributed by atoms with Crippen molar-refractivity contribution >= 4 is 23.1 Å². The predicted molar refractivity (Wildman–Crippen MR) is 131 cm³/mol. The van der Waals surface area contributed by atoms with Crippen molar-refractivity contribution in [1.82, 2.24) is 0 Å². The molecule has 0 saturated heterocycles. The van der Waals surface area contributed by atoms with Gasteiger partial charge in [-0.05, 0) is 98.7 Å². The largest absolute Gasteiger partial charge is 0.493 e. The highest BCUT2D eigenvalue weighted by atomic mass is 32.1. The number of rotatable bonds is 11. The van der Waals surface area contributed by atoms with E-state index < -0.39 is 0 Å². The van der Waals surface area contributed by atoms with Gasteiger partial charge in [0.15, 0.2) is 0 Å². The highest BCUT2D eigenvalue weighted by molar-refractivity contribution is 7.78. The number of aliphatic imine (C=N–C) groups is 1. The van der Waals surface area contributed by atoms with Crippen LogP contribution in [-0.4, -0.2) is 11.8 Å². The van der Waals surface area contributed by atoms with Crippen molar-refractivity contribution in [2.24, 2.45) is 28.7 Å². The molecule has 0 aliphatic heterocycles. The maximum Gasteiger partial charge on any atom is 0.119 e. The van der Waals surface area contributed by atoms with Gasteiger partial charge in [0.2, 0.25) is 0 Å². The van der Waals surface area contributed by atoms with Crippen molar-refractivity contribution in [2.75, 3.05) is 6.61 Å². The maximum absolute atomic E-state index is 6.05. The number of isothiocyanates is 1. The third-order valence-electron chi connectivity index (χ3n) is 7.66.